The van der Waals surface area contributed by atoms with E-state index in [1.807, 2.05) is 12.1 Å². The minimum absolute atomic E-state index is 0.0279. The second-order valence-corrected chi connectivity index (χ2v) is 10.3. The first-order chi connectivity index (χ1) is 15.0. The summed E-state index contributed by atoms with van der Waals surface area (Å²) in [5.41, 5.74) is 4.69. The Morgan fingerprint density at radius 1 is 1.23 bits per heavy atom. The van der Waals surface area contributed by atoms with Crippen molar-refractivity contribution in [3.63, 3.8) is 0 Å². The molecule has 4 aliphatic rings. The molecule has 2 aliphatic heterocycles. The van der Waals surface area contributed by atoms with Crippen molar-refractivity contribution in [2.45, 2.75) is 52.1 Å². The van der Waals surface area contributed by atoms with E-state index in [9.17, 15) is 4.79 Å². The zero-order chi connectivity index (χ0) is 21.6. The van der Waals surface area contributed by atoms with Gasteiger partial charge in [0, 0.05) is 50.4 Å². The fourth-order valence-electron chi connectivity index (χ4n) is 6.59. The molecule has 1 aromatic carbocycles. The maximum absolute atomic E-state index is 12.9. The van der Waals surface area contributed by atoms with Crippen molar-refractivity contribution in [1.29, 1.82) is 0 Å². The van der Waals surface area contributed by atoms with Gasteiger partial charge in [-0.3, -0.25) is 9.69 Å². The number of ether oxygens (including phenoxy) is 2. The third-order valence-electron chi connectivity index (χ3n) is 8.43. The van der Waals surface area contributed by atoms with Gasteiger partial charge in [0.05, 0.1) is 13.0 Å². The Kier molecular flexibility index (Phi) is 5.49. The maximum atomic E-state index is 12.9. The predicted octanol–water partition coefficient (Wildman–Crippen LogP) is 4.28. The lowest BCUT2D eigenvalue weighted by atomic mass is 9.59. The van der Waals surface area contributed by atoms with Gasteiger partial charge >= 0.3 is 5.97 Å². The topological polar surface area (TPSA) is 42.0 Å². The molecule has 168 valence electrons. The van der Waals surface area contributed by atoms with Gasteiger partial charge in [0.15, 0.2) is 0 Å². The first-order valence-corrected chi connectivity index (χ1v) is 12.0. The molecule has 2 heterocycles. The van der Waals surface area contributed by atoms with E-state index in [-0.39, 0.29) is 23.4 Å². The van der Waals surface area contributed by atoms with Gasteiger partial charge in [-0.15, -0.1) is 0 Å². The van der Waals surface area contributed by atoms with Crippen LogP contribution in [-0.4, -0.2) is 56.8 Å². The normalized spacial score (nSPS) is 33.7. The largest absolute Gasteiger partial charge is 0.497 e. The van der Waals surface area contributed by atoms with Gasteiger partial charge < -0.3 is 14.4 Å². The second kappa shape index (κ2) is 8.16. The molecule has 5 nitrogen and oxygen atoms in total. The van der Waals surface area contributed by atoms with Crippen molar-refractivity contribution in [3.05, 3.63) is 35.4 Å². The Labute approximate surface area is 186 Å². The van der Waals surface area contributed by atoms with Crippen LogP contribution in [0.15, 0.2) is 35.4 Å². The number of allylic oxidation sites excluding steroid dienone is 2. The van der Waals surface area contributed by atoms with Crippen LogP contribution in [0.1, 0.15) is 46.0 Å². The van der Waals surface area contributed by atoms with Gasteiger partial charge in [-0.25, -0.2) is 0 Å². The summed E-state index contributed by atoms with van der Waals surface area (Å²) in [5, 5.41) is 0. The van der Waals surface area contributed by atoms with E-state index < -0.39 is 0 Å². The van der Waals surface area contributed by atoms with E-state index >= 15 is 0 Å². The SMILES string of the molecule is COc1cccc(N2CCN(C[C@@H]3C(=O)O[C@@H]4C[C@]5(C)CCCC(C)=C5C[C@@H]34)CC2)c1. The molecule has 0 bridgehead atoms. The summed E-state index contributed by atoms with van der Waals surface area (Å²) >= 11 is 0. The number of hydrogen-bond donors (Lipinski definition) is 0. The molecule has 1 aromatic rings. The highest BCUT2D eigenvalue weighted by Gasteiger charge is 2.53. The number of methoxy groups -OCH3 is 1. The number of esters is 1. The molecule has 0 N–H and O–H groups in total. The number of benzene rings is 1. The quantitative estimate of drug-likeness (QED) is 0.533. The van der Waals surface area contributed by atoms with Crippen LogP contribution in [0.2, 0.25) is 0 Å². The molecule has 2 saturated heterocycles. The standard InChI is InChI=1S/C26H36N2O3/c1-18-6-5-9-26(2)16-24-21(15-23(18)26)22(25(29)31-24)17-27-10-12-28(13-11-27)19-7-4-8-20(14-19)30-3/h4,7-8,14,21-22,24H,5-6,9-13,15-17H2,1-3H3/t21-,22-,24+,26-/m0/s1. The number of rotatable bonds is 4. The molecular weight excluding hydrogens is 388 g/mol. The average molecular weight is 425 g/mol. The lowest BCUT2D eigenvalue weighted by Crippen LogP contribution is -2.49. The number of carbonyl (C=O) groups is 1. The highest BCUT2D eigenvalue weighted by atomic mass is 16.6. The van der Waals surface area contributed by atoms with E-state index in [1.54, 1.807) is 18.3 Å². The van der Waals surface area contributed by atoms with E-state index in [0.29, 0.717) is 5.92 Å². The Morgan fingerprint density at radius 2 is 2.03 bits per heavy atom. The number of piperazine rings is 1. The summed E-state index contributed by atoms with van der Waals surface area (Å²) in [6.45, 7) is 9.49. The van der Waals surface area contributed by atoms with Crippen LogP contribution < -0.4 is 9.64 Å². The number of nitrogens with zero attached hydrogens (tertiary/aromatic N) is 2. The van der Waals surface area contributed by atoms with Crippen molar-refractivity contribution in [3.8, 4) is 5.75 Å². The third-order valence-corrected chi connectivity index (χ3v) is 8.43. The van der Waals surface area contributed by atoms with Crippen molar-refractivity contribution in [2.24, 2.45) is 17.3 Å². The van der Waals surface area contributed by atoms with Crippen LogP contribution in [0.25, 0.3) is 0 Å². The van der Waals surface area contributed by atoms with Crippen molar-refractivity contribution >= 4 is 11.7 Å². The molecule has 4 atom stereocenters. The lowest BCUT2D eigenvalue weighted by molar-refractivity contribution is -0.145. The Balaban J connectivity index is 1.23. The van der Waals surface area contributed by atoms with E-state index in [1.165, 1.54) is 24.9 Å². The molecule has 2 aliphatic carbocycles. The van der Waals surface area contributed by atoms with E-state index in [0.717, 1.165) is 51.3 Å². The number of carbonyl (C=O) groups excluding carboxylic acids is 1. The molecule has 3 fully saturated rings. The van der Waals surface area contributed by atoms with Gasteiger partial charge in [0.2, 0.25) is 0 Å². The van der Waals surface area contributed by atoms with E-state index in [4.69, 9.17) is 9.47 Å². The molecule has 0 radical (unpaired) electrons. The molecule has 5 rings (SSSR count). The van der Waals surface area contributed by atoms with Crippen molar-refractivity contribution in [1.82, 2.24) is 4.90 Å². The monoisotopic (exact) mass is 424 g/mol. The molecule has 0 aromatic heterocycles. The third kappa shape index (κ3) is 3.86. The fraction of sp³-hybridized carbons (Fsp3) is 0.654. The summed E-state index contributed by atoms with van der Waals surface area (Å²) in [6, 6.07) is 8.29. The second-order valence-electron chi connectivity index (χ2n) is 10.3. The van der Waals surface area contributed by atoms with Crippen LogP contribution >= 0.6 is 0 Å². The minimum Gasteiger partial charge on any atom is -0.497 e. The van der Waals surface area contributed by atoms with E-state index in [2.05, 4.69) is 35.8 Å². The van der Waals surface area contributed by atoms with Gasteiger partial charge in [-0.1, -0.05) is 24.1 Å². The molecule has 31 heavy (non-hydrogen) atoms. The smallest absolute Gasteiger partial charge is 0.310 e. The van der Waals surface area contributed by atoms with Gasteiger partial charge in [0.25, 0.3) is 0 Å². The summed E-state index contributed by atoms with van der Waals surface area (Å²) < 4.78 is 11.4. The Bertz CT molecular complexity index is 873. The number of hydrogen-bond acceptors (Lipinski definition) is 5. The number of anilines is 1. The highest BCUT2D eigenvalue weighted by Crippen LogP contribution is 2.55. The zero-order valence-corrected chi connectivity index (χ0v) is 19.2. The molecule has 0 amide bonds. The van der Waals surface area contributed by atoms with Crippen LogP contribution in [0.3, 0.4) is 0 Å². The number of fused-ring (bicyclic) bond motifs is 2. The molecule has 0 unspecified atom stereocenters. The molecule has 1 saturated carbocycles. The van der Waals surface area contributed by atoms with Crippen molar-refractivity contribution < 1.29 is 14.3 Å². The first kappa shape index (κ1) is 20.9. The van der Waals surface area contributed by atoms with Crippen LogP contribution in [0.4, 0.5) is 5.69 Å². The predicted molar refractivity (Wildman–Crippen MR) is 122 cm³/mol. The fourth-order valence-corrected chi connectivity index (χ4v) is 6.59. The molecule has 0 spiro atoms. The molecule has 5 heteroatoms. The Hall–Kier alpha value is -2.01. The maximum Gasteiger partial charge on any atom is 0.310 e. The lowest BCUT2D eigenvalue weighted by Gasteiger charge is -2.46. The highest BCUT2D eigenvalue weighted by molar-refractivity contribution is 5.76. The zero-order valence-electron chi connectivity index (χ0n) is 19.2. The first-order valence-electron chi connectivity index (χ1n) is 12.0. The van der Waals surface area contributed by atoms with Gasteiger partial charge in [-0.2, -0.15) is 0 Å². The van der Waals surface area contributed by atoms with Gasteiger partial charge in [-0.05, 0) is 56.6 Å². The van der Waals surface area contributed by atoms with Gasteiger partial charge in [0.1, 0.15) is 11.9 Å². The van der Waals surface area contributed by atoms with Crippen LogP contribution in [-0.2, 0) is 9.53 Å². The van der Waals surface area contributed by atoms with Crippen LogP contribution in [0, 0.1) is 17.3 Å². The molecular formula is C26H36N2O3. The summed E-state index contributed by atoms with van der Waals surface area (Å²) in [6.07, 6.45) is 5.96. The minimum atomic E-state index is 0.0279. The average Bonchev–Trinajstić information content (AvgIpc) is 3.06. The summed E-state index contributed by atoms with van der Waals surface area (Å²) in [4.78, 5) is 17.8. The Morgan fingerprint density at radius 3 is 2.81 bits per heavy atom. The van der Waals surface area contributed by atoms with Crippen molar-refractivity contribution in [2.75, 3.05) is 44.7 Å². The van der Waals surface area contributed by atoms with Crippen LogP contribution in [0.5, 0.6) is 5.75 Å². The summed E-state index contributed by atoms with van der Waals surface area (Å²) in [7, 11) is 1.71. The summed E-state index contributed by atoms with van der Waals surface area (Å²) in [5.74, 6) is 1.34.